The number of aromatic nitrogens is 2. The molecule has 2 heterocycles. The number of halogens is 1. The van der Waals surface area contributed by atoms with Gasteiger partial charge in [0.1, 0.15) is 0 Å². The molecule has 1 atom stereocenters. The second-order valence-corrected chi connectivity index (χ2v) is 4.71. The van der Waals surface area contributed by atoms with Gasteiger partial charge in [-0.2, -0.15) is 0 Å². The molecule has 3 nitrogen and oxygen atoms in total. The maximum absolute atomic E-state index is 5.69. The summed E-state index contributed by atoms with van der Waals surface area (Å²) in [5.41, 5.74) is 0. The van der Waals surface area contributed by atoms with Crippen LogP contribution in [0.2, 0.25) is 5.02 Å². The van der Waals surface area contributed by atoms with Crippen molar-refractivity contribution >= 4 is 23.4 Å². The predicted molar refractivity (Wildman–Crippen MR) is 58.8 cm³/mol. The van der Waals surface area contributed by atoms with E-state index in [1.807, 2.05) is 0 Å². The van der Waals surface area contributed by atoms with Crippen LogP contribution in [0.5, 0.6) is 0 Å². The van der Waals surface area contributed by atoms with Crippen LogP contribution in [0.1, 0.15) is 12.8 Å². The molecule has 0 aromatic carbocycles. The van der Waals surface area contributed by atoms with Gasteiger partial charge in [0.2, 0.25) is 0 Å². The molecule has 1 saturated heterocycles. The van der Waals surface area contributed by atoms with E-state index in [0.29, 0.717) is 11.1 Å². The van der Waals surface area contributed by atoms with Gasteiger partial charge in [-0.3, -0.25) is 0 Å². The van der Waals surface area contributed by atoms with E-state index in [2.05, 4.69) is 15.3 Å². The average molecular weight is 230 g/mol. The molecule has 0 radical (unpaired) electrons. The maximum atomic E-state index is 5.69. The fourth-order valence-corrected chi connectivity index (χ4v) is 2.44. The van der Waals surface area contributed by atoms with Gasteiger partial charge in [0.05, 0.1) is 17.4 Å². The second kappa shape index (κ2) is 4.96. The van der Waals surface area contributed by atoms with Crippen LogP contribution in [0.4, 0.5) is 0 Å². The molecule has 14 heavy (non-hydrogen) atoms. The van der Waals surface area contributed by atoms with Gasteiger partial charge in [0.15, 0.2) is 5.16 Å². The monoisotopic (exact) mass is 229 g/mol. The first-order valence-electron chi connectivity index (χ1n) is 4.68. The summed E-state index contributed by atoms with van der Waals surface area (Å²) in [4.78, 5) is 8.26. The van der Waals surface area contributed by atoms with Crippen molar-refractivity contribution < 1.29 is 0 Å². The molecule has 1 N–H and O–H groups in total. The molecular formula is C9H12ClN3S. The van der Waals surface area contributed by atoms with Gasteiger partial charge < -0.3 is 5.32 Å². The minimum Gasteiger partial charge on any atom is -0.313 e. The Morgan fingerprint density at radius 2 is 2.29 bits per heavy atom. The molecule has 1 fully saturated rings. The molecule has 0 spiro atoms. The van der Waals surface area contributed by atoms with Gasteiger partial charge in [0.25, 0.3) is 0 Å². The van der Waals surface area contributed by atoms with Crippen molar-refractivity contribution in [2.24, 2.45) is 0 Å². The van der Waals surface area contributed by atoms with Gasteiger partial charge >= 0.3 is 0 Å². The number of nitrogens with one attached hydrogen (secondary N) is 1. The summed E-state index contributed by atoms with van der Waals surface area (Å²) in [7, 11) is 0. The van der Waals surface area contributed by atoms with Crippen molar-refractivity contribution in [1.82, 2.24) is 15.3 Å². The van der Waals surface area contributed by atoms with E-state index >= 15 is 0 Å². The molecule has 76 valence electrons. The fraction of sp³-hybridized carbons (Fsp3) is 0.556. The van der Waals surface area contributed by atoms with Gasteiger partial charge in [-0.1, -0.05) is 23.4 Å². The molecule has 1 aromatic rings. The van der Waals surface area contributed by atoms with E-state index in [9.17, 15) is 0 Å². The predicted octanol–water partition coefficient (Wildman–Crippen LogP) is 1.97. The number of hydrogen-bond acceptors (Lipinski definition) is 4. The molecule has 1 aromatic heterocycles. The van der Waals surface area contributed by atoms with Gasteiger partial charge in [0, 0.05) is 11.8 Å². The molecule has 0 amide bonds. The average Bonchev–Trinajstić information content (AvgIpc) is 2.70. The third-order valence-corrected chi connectivity index (χ3v) is 3.41. The lowest BCUT2D eigenvalue weighted by molar-refractivity contribution is 0.673. The van der Waals surface area contributed by atoms with E-state index in [1.54, 1.807) is 24.2 Å². The van der Waals surface area contributed by atoms with Crippen LogP contribution in [0.25, 0.3) is 0 Å². The highest BCUT2D eigenvalue weighted by Crippen LogP contribution is 2.18. The van der Waals surface area contributed by atoms with E-state index < -0.39 is 0 Å². The summed E-state index contributed by atoms with van der Waals surface area (Å²) in [5, 5.41) is 4.84. The molecule has 0 bridgehead atoms. The van der Waals surface area contributed by atoms with Gasteiger partial charge in [-0.15, -0.1) is 0 Å². The van der Waals surface area contributed by atoms with Crippen LogP contribution >= 0.6 is 23.4 Å². The summed E-state index contributed by atoms with van der Waals surface area (Å²) >= 11 is 7.38. The summed E-state index contributed by atoms with van der Waals surface area (Å²) in [6.07, 6.45) is 5.82. The van der Waals surface area contributed by atoms with Crippen molar-refractivity contribution in [2.75, 3.05) is 12.3 Å². The third kappa shape index (κ3) is 2.83. The van der Waals surface area contributed by atoms with Crippen LogP contribution < -0.4 is 5.32 Å². The minimum atomic E-state index is 0.591. The van der Waals surface area contributed by atoms with E-state index in [-0.39, 0.29) is 0 Å². The molecule has 1 aliphatic rings. The zero-order valence-corrected chi connectivity index (χ0v) is 9.31. The van der Waals surface area contributed by atoms with Crippen molar-refractivity contribution in [1.29, 1.82) is 0 Å². The first kappa shape index (κ1) is 10.2. The summed E-state index contributed by atoms with van der Waals surface area (Å²) < 4.78 is 0. The zero-order chi connectivity index (χ0) is 9.80. The van der Waals surface area contributed by atoms with Crippen molar-refractivity contribution in [3.8, 4) is 0 Å². The first-order chi connectivity index (χ1) is 6.84. The normalized spacial score (nSPS) is 21.4. The lowest BCUT2D eigenvalue weighted by Crippen LogP contribution is -2.23. The number of hydrogen-bond donors (Lipinski definition) is 1. The van der Waals surface area contributed by atoms with Crippen LogP contribution in [0.15, 0.2) is 17.6 Å². The van der Waals surface area contributed by atoms with Gasteiger partial charge in [-0.05, 0) is 19.4 Å². The van der Waals surface area contributed by atoms with Crippen LogP contribution in [0.3, 0.4) is 0 Å². The lowest BCUT2D eigenvalue weighted by Gasteiger charge is -2.07. The zero-order valence-electron chi connectivity index (χ0n) is 7.74. The smallest absolute Gasteiger partial charge is 0.187 e. The minimum absolute atomic E-state index is 0.591. The quantitative estimate of drug-likeness (QED) is 0.636. The summed E-state index contributed by atoms with van der Waals surface area (Å²) in [6, 6.07) is 0.624. The molecule has 2 rings (SSSR count). The Bertz CT molecular complexity index is 285. The second-order valence-electron chi connectivity index (χ2n) is 3.29. The number of thioether (sulfide) groups is 1. The third-order valence-electron chi connectivity index (χ3n) is 2.17. The number of nitrogens with zero attached hydrogens (tertiary/aromatic N) is 2. The maximum Gasteiger partial charge on any atom is 0.187 e. The SMILES string of the molecule is Clc1cnc(SCC2CCCN2)nc1. The molecule has 0 aliphatic carbocycles. The topological polar surface area (TPSA) is 37.8 Å². The molecule has 1 aliphatic heterocycles. The highest BCUT2D eigenvalue weighted by Gasteiger charge is 2.14. The Balaban J connectivity index is 1.82. The van der Waals surface area contributed by atoms with E-state index in [0.717, 1.165) is 17.5 Å². The van der Waals surface area contributed by atoms with Crippen molar-refractivity contribution in [3.05, 3.63) is 17.4 Å². The van der Waals surface area contributed by atoms with Crippen molar-refractivity contribution in [3.63, 3.8) is 0 Å². The molecule has 0 saturated carbocycles. The Kier molecular flexibility index (Phi) is 3.61. The van der Waals surface area contributed by atoms with E-state index in [4.69, 9.17) is 11.6 Å². The van der Waals surface area contributed by atoms with Crippen LogP contribution in [0, 0.1) is 0 Å². The Morgan fingerprint density at radius 3 is 2.93 bits per heavy atom. The molecular weight excluding hydrogens is 218 g/mol. The Hall–Kier alpha value is -0.320. The highest BCUT2D eigenvalue weighted by atomic mass is 35.5. The first-order valence-corrected chi connectivity index (χ1v) is 6.05. The van der Waals surface area contributed by atoms with Gasteiger partial charge in [-0.25, -0.2) is 9.97 Å². The summed E-state index contributed by atoms with van der Waals surface area (Å²) in [5.74, 6) is 1.04. The Morgan fingerprint density at radius 1 is 1.50 bits per heavy atom. The lowest BCUT2D eigenvalue weighted by atomic mass is 10.3. The van der Waals surface area contributed by atoms with Crippen molar-refractivity contribution in [2.45, 2.75) is 24.0 Å². The van der Waals surface area contributed by atoms with Crippen LogP contribution in [-0.4, -0.2) is 28.3 Å². The van der Waals surface area contributed by atoms with E-state index in [1.165, 1.54) is 12.8 Å². The summed E-state index contributed by atoms with van der Waals surface area (Å²) in [6.45, 7) is 1.15. The molecule has 5 heteroatoms. The number of rotatable bonds is 3. The van der Waals surface area contributed by atoms with Crippen LogP contribution in [-0.2, 0) is 0 Å². The largest absolute Gasteiger partial charge is 0.313 e. The standard InChI is InChI=1S/C9H12ClN3S/c10-7-4-12-9(13-5-7)14-6-8-2-1-3-11-8/h4-5,8,11H,1-3,6H2. The molecule has 1 unspecified atom stereocenters. The fourth-order valence-electron chi connectivity index (χ4n) is 1.45. The Labute approximate surface area is 92.7 Å². The highest BCUT2D eigenvalue weighted by molar-refractivity contribution is 7.99.